The molecule has 1 nitrogen and oxygen atoms in total. The summed E-state index contributed by atoms with van der Waals surface area (Å²) in [6.45, 7) is 0. The molecular formula is C9H8ClNS. The first-order valence-corrected chi connectivity index (χ1v) is 5.22. The van der Waals surface area contributed by atoms with Crippen LogP contribution < -0.4 is 0 Å². The SMILES string of the molecule is CSc1cc2ccc(Cl)cc2[nH]1. The molecule has 0 bridgehead atoms. The second-order valence-electron chi connectivity index (χ2n) is 2.57. The lowest BCUT2D eigenvalue weighted by Crippen LogP contribution is -1.67. The van der Waals surface area contributed by atoms with E-state index in [2.05, 4.69) is 11.1 Å². The van der Waals surface area contributed by atoms with Crippen LogP contribution in [0.4, 0.5) is 0 Å². The van der Waals surface area contributed by atoms with Gasteiger partial charge in [-0.2, -0.15) is 0 Å². The Morgan fingerprint density at radius 2 is 2.17 bits per heavy atom. The Bertz CT molecular complexity index is 408. The molecule has 0 atom stereocenters. The fraction of sp³-hybridized carbons (Fsp3) is 0.111. The molecule has 0 aliphatic carbocycles. The average molecular weight is 198 g/mol. The minimum atomic E-state index is 0.775. The van der Waals surface area contributed by atoms with Crippen molar-refractivity contribution in [3.05, 3.63) is 29.3 Å². The lowest BCUT2D eigenvalue weighted by molar-refractivity contribution is 1.24. The Hall–Kier alpha value is -0.600. The molecule has 0 radical (unpaired) electrons. The Labute approximate surface area is 80.1 Å². The van der Waals surface area contributed by atoms with E-state index in [0.29, 0.717) is 0 Å². The van der Waals surface area contributed by atoms with E-state index in [-0.39, 0.29) is 0 Å². The molecule has 1 heterocycles. The summed E-state index contributed by atoms with van der Waals surface area (Å²) in [6, 6.07) is 7.99. The van der Waals surface area contributed by atoms with Crippen LogP contribution >= 0.6 is 23.4 Å². The molecule has 1 aromatic carbocycles. The molecule has 3 heteroatoms. The lowest BCUT2D eigenvalue weighted by atomic mass is 10.2. The van der Waals surface area contributed by atoms with Crippen LogP contribution in [0.3, 0.4) is 0 Å². The fourth-order valence-electron chi connectivity index (χ4n) is 1.18. The summed E-state index contributed by atoms with van der Waals surface area (Å²) >= 11 is 7.55. The molecule has 0 spiro atoms. The molecule has 2 aromatic rings. The van der Waals surface area contributed by atoms with Gasteiger partial charge in [-0.15, -0.1) is 11.8 Å². The Kier molecular flexibility index (Phi) is 2.03. The predicted molar refractivity (Wildman–Crippen MR) is 55.1 cm³/mol. The van der Waals surface area contributed by atoms with Gasteiger partial charge in [-0.3, -0.25) is 0 Å². The summed E-state index contributed by atoms with van der Waals surface area (Å²) in [6.07, 6.45) is 2.05. The van der Waals surface area contributed by atoms with E-state index in [1.807, 2.05) is 24.5 Å². The molecule has 0 saturated carbocycles. The number of benzene rings is 1. The predicted octanol–water partition coefficient (Wildman–Crippen LogP) is 3.54. The minimum Gasteiger partial charge on any atom is -0.350 e. The van der Waals surface area contributed by atoms with Crippen molar-refractivity contribution in [3.8, 4) is 0 Å². The van der Waals surface area contributed by atoms with Gasteiger partial charge in [0, 0.05) is 15.9 Å². The summed E-state index contributed by atoms with van der Waals surface area (Å²) in [5, 5.41) is 3.16. The quantitative estimate of drug-likeness (QED) is 0.692. The lowest BCUT2D eigenvalue weighted by Gasteiger charge is -1.89. The van der Waals surface area contributed by atoms with Crippen LogP contribution in [0, 0.1) is 0 Å². The molecule has 2 rings (SSSR count). The number of nitrogens with one attached hydrogen (secondary N) is 1. The van der Waals surface area contributed by atoms with Crippen molar-refractivity contribution >= 4 is 34.3 Å². The topological polar surface area (TPSA) is 15.8 Å². The average Bonchev–Trinajstić information content (AvgIpc) is 2.46. The smallest absolute Gasteiger partial charge is 0.0729 e. The highest BCUT2D eigenvalue weighted by Gasteiger charge is 1.98. The molecule has 0 fully saturated rings. The van der Waals surface area contributed by atoms with Crippen molar-refractivity contribution in [2.45, 2.75) is 5.03 Å². The molecule has 0 saturated heterocycles. The number of H-pyrrole nitrogens is 1. The second kappa shape index (κ2) is 3.04. The van der Waals surface area contributed by atoms with Crippen molar-refractivity contribution in [3.63, 3.8) is 0 Å². The number of hydrogen-bond donors (Lipinski definition) is 1. The van der Waals surface area contributed by atoms with Crippen molar-refractivity contribution in [2.24, 2.45) is 0 Å². The van der Waals surface area contributed by atoms with E-state index in [1.165, 1.54) is 10.4 Å². The van der Waals surface area contributed by atoms with Gasteiger partial charge in [0.25, 0.3) is 0 Å². The maximum Gasteiger partial charge on any atom is 0.0729 e. The first kappa shape index (κ1) is 8.02. The monoisotopic (exact) mass is 197 g/mol. The summed E-state index contributed by atoms with van der Waals surface area (Å²) in [4.78, 5) is 3.26. The van der Waals surface area contributed by atoms with Gasteiger partial charge in [-0.05, 0) is 24.5 Å². The molecule has 0 aliphatic heterocycles. The van der Waals surface area contributed by atoms with Crippen LogP contribution in [-0.4, -0.2) is 11.2 Å². The molecular weight excluding hydrogens is 190 g/mol. The first-order chi connectivity index (χ1) is 5.79. The van der Waals surface area contributed by atoms with Gasteiger partial charge >= 0.3 is 0 Å². The van der Waals surface area contributed by atoms with Crippen LogP contribution in [0.25, 0.3) is 10.9 Å². The van der Waals surface area contributed by atoms with E-state index < -0.39 is 0 Å². The Balaban J connectivity index is 2.67. The van der Waals surface area contributed by atoms with Crippen LogP contribution in [0.1, 0.15) is 0 Å². The van der Waals surface area contributed by atoms with Crippen molar-refractivity contribution in [2.75, 3.05) is 6.26 Å². The van der Waals surface area contributed by atoms with Crippen molar-refractivity contribution in [1.82, 2.24) is 4.98 Å². The summed E-state index contributed by atoms with van der Waals surface area (Å²) in [5.74, 6) is 0. The van der Waals surface area contributed by atoms with E-state index in [0.717, 1.165) is 10.5 Å². The summed E-state index contributed by atoms with van der Waals surface area (Å²) in [5.41, 5.74) is 1.10. The number of thioether (sulfide) groups is 1. The Morgan fingerprint density at radius 3 is 2.92 bits per heavy atom. The van der Waals surface area contributed by atoms with E-state index in [9.17, 15) is 0 Å². The van der Waals surface area contributed by atoms with E-state index in [4.69, 9.17) is 11.6 Å². The third-order valence-corrected chi connectivity index (χ3v) is 2.67. The molecule has 1 aromatic heterocycles. The van der Waals surface area contributed by atoms with Gasteiger partial charge in [-0.25, -0.2) is 0 Å². The largest absolute Gasteiger partial charge is 0.350 e. The zero-order chi connectivity index (χ0) is 8.55. The van der Waals surface area contributed by atoms with Crippen LogP contribution in [-0.2, 0) is 0 Å². The van der Waals surface area contributed by atoms with Crippen LogP contribution in [0.5, 0.6) is 0 Å². The van der Waals surface area contributed by atoms with Crippen LogP contribution in [0.2, 0.25) is 5.02 Å². The number of aromatic nitrogens is 1. The highest BCUT2D eigenvalue weighted by molar-refractivity contribution is 7.98. The van der Waals surface area contributed by atoms with Crippen LogP contribution in [0.15, 0.2) is 29.3 Å². The highest BCUT2D eigenvalue weighted by Crippen LogP contribution is 2.23. The summed E-state index contributed by atoms with van der Waals surface area (Å²) in [7, 11) is 0. The third kappa shape index (κ3) is 1.32. The highest BCUT2D eigenvalue weighted by atomic mass is 35.5. The van der Waals surface area contributed by atoms with Gasteiger partial charge in [0.05, 0.1) is 5.03 Å². The number of fused-ring (bicyclic) bond motifs is 1. The maximum atomic E-state index is 5.84. The van der Waals surface area contributed by atoms with Gasteiger partial charge in [0.2, 0.25) is 0 Å². The van der Waals surface area contributed by atoms with Gasteiger partial charge in [-0.1, -0.05) is 17.7 Å². The number of halogens is 1. The molecule has 0 aliphatic rings. The standard InChI is InChI=1S/C9H8ClNS/c1-12-9-4-6-2-3-7(10)5-8(6)11-9/h2-5,11H,1H3. The molecule has 12 heavy (non-hydrogen) atoms. The van der Waals surface area contributed by atoms with Gasteiger partial charge < -0.3 is 4.98 Å². The fourth-order valence-corrected chi connectivity index (χ4v) is 1.81. The summed E-state index contributed by atoms with van der Waals surface area (Å²) < 4.78 is 0. The molecule has 62 valence electrons. The van der Waals surface area contributed by atoms with Crippen molar-refractivity contribution < 1.29 is 0 Å². The molecule has 1 N–H and O–H groups in total. The first-order valence-electron chi connectivity index (χ1n) is 3.62. The molecule has 0 amide bonds. The number of rotatable bonds is 1. The Morgan fingerprint density at radius 1 is 1.33 bits per heavy atom. The minimum absolute atomic E-state index is 0.775. The normalized spacial score (nSPS) is 10.8. The number of aromatic amines is 1. The second-order valence-corrected chi connectivity index (χ2v) is 3.85. The number of hydrogen-bond acceptors (Lipinski definition) is 1. The third-order valence-electron chi connectivity index (χ3n) is 1.78. The molecule has 0 unspecified atom stereocenters. The van der Waals surface area contributed by atoms with E-state index in [1.54, 1.807) is 11.8 Å². The van der Waals surface area contributed by atoms with Gasteiger partial charge in [0.1, 0.15) is 0 Å². The zero-order valence-electron chi connectivity index (χ0n) is 6.60. The zero-order valence-corrected chi connectivity index (χ0v) is 8.17. The maximum absolute atomic E-state index is 5.84. The van der Waals surface area contributed by atoms with Crippen molar-refractivity contribution in [1.29, 1.82) is 0 Å². The van der Waals surface area contributed by atoms with Gasteiger partial charge in [0.15, 0.2) is 0 Å². The van der Waals surface area contributed by atoms with E-state index >= 15 is 0 Å².